The molecule has 2 aromatic carbocycles. The monoisotopic (exact) mass is 337 g/mol. The van der Waals surface area contributed by atoms with E-state index >= 15 is 0 Å². The first-order valence-electron chi connectivity index (χ1n) is 7.26. The van der Waals surface area contributed by atoms with Crippen LogP contribution in [0.15, 0.2) is 54.6 Å². The van der Waals surface area contributed by atoms with Gasteiger partial charge in [0.1, 0.15) is 10.8 Å². The molecule has 0 unspecified atom stereocenters. The van der Waals surface area contributed by atoms with Crippen LogP contribution in [0.3, 0.4) is 0 Å². The highest BCUT2D eigenvalue weighted by Gasteiger charge is 2.10. The van der Waals surface area contributed by atoms with Crippen molar-refractivity contribution in [3.8, 4) is 5.75 Å². The van der Waals surface area contributed by atoms with E-state index in [0.29, 0.717) is 16.4 Å². The first kappa shape index (κ1) is 15.9. The SMILES string of the molecule is COc1cccc(C(=O)Nc2nnc(/C=C\c3ccccc3)s2)c1. The fourth-order valence-corrected chi connectivity index (χ4v) is 2.66. The molecule has 120 valence electrons. The molecule has 3 rings (SSSR count). The molecule has 24 heavy (non-hydrogen) atoms. The van der Waals surface area contributed by atoms with Crippen molar-refractivity contribution in [3.63, 3.8) is 0 Å². The number of ether oxygens (including phenoxy) is 1. The Balaban J connectivity index is 1.67. The van der Waals surface area contributed by atoms with Crippen LogP contribution in [-0.2, 0) is 0 Å². The first-order chi connectivity index (χ1) is 11.7. The fourth-order valence-electron chi connectivity index (χ4n) is 2.02. The zero-order chi connectivity index (χ0) is 16.8. The summed E-state index contributed by atoms with van der Waals surface area (Å²) in [6.45, 7) is 0. The van der Waals surface area contributed by atoms with E-state index in [4.69, 9.17) is 4.74 Å². The van der Waals surface area contributed by atoms with Gasteiger partial charge in [0.15, 0.2) is 0 Å². The number of nitrogens with one attached hydrogen (secondary N) is 1. The average Bonchev–Trinajstić information content (AvgIpc) is 3.08. The summed E-state index contributed by atoms with van der Waals surface area (Å²) in [4.78, 5) is 12.2. The molecule has 6 heteroatoms. The molecule has 0 bridgehead atoms. The van der Waals surface area contributed by atoms with Crippen LogP contribution in [0, 0.1) is 0 Å². The lowest BCUT2D eigenvalue weighted by Crippen LogP contribution is -2.11. The van der Waals surface area contributed by atoms with Crippen molar-refractivity contribution >= 4 is 34.5 Å². The molecular formula is C18H15N3O2S. The van der Waals surface area contributed by atoms with Crippen molar-refractivity contribution in [2.24, 2.45) is 0 Å². The highest BCUT2D eigenvalue weighted by Crippen LogP contribution is 2.19. The molecule has 0 radical (unpaired) electrons. The molecule has 0 fully saturated rings. The number of nitrogens with zero attached hydrogens (tertiary/aromatic N) is 2. The van der Waals surface area contributed by atoms with Gasteiger partial charge in [0, 0.05) is 5.56 Å². The Morgan fingerprint density at radius 3 is 2.71 bits per heavy atom. The van der Waals surface area contributed by atoms with E-state index in [1.165, 1.54) is 11.3 Å². The van der Waals surface area contributed by atoms with Gasteiger partial charge >= 0.3 is 0 Å². The minimum Gasteiger partial charge on any atom is -0.497 e. The van der Waals surface area contributed by atoms with Gasteiger partial charge < -0.3 is 4.74 Å². The van der Waals surface area contributed by atoms with Crippen LogP contribution < -0.4 is 10.1 Å². The number of benzene rings is 2. The molecule has 0 aliphatic rings. The standard InChI is InChI=1S/C18H15N3O2S/c1-23-15-9-5-8-14(12-15)17(22)19-18-21-20-16(24-18)11-10-13-6-3-2-4-7-13/h2-12H,1H3,(H,19,21,22)/b11-10-. The molecule has 0 saturated carbocycles. The van der Waals surface area contributed by atoms with Crippen molar-refractivity contribution < 1.29 is 9.53 Å². The second-order valence-electron chi connectivity index (χ2n) is 4.88. The van der Waals surface area contributed by atoms with Crippen molar-refractivity contribution in [3.05, 3.63) is 70.7 Å². The molecular weight excluding hydrogens is 322 g/mol. The predicted molar refractivity (Wildman–Crippen MR) is 96.2 cm³/mol. The Bertz CT molecular complexity index is 859. The van der Waals surface area contributed by atoms with Gasteiger partial charge in [-0.1, -0.05) is 53.8 Å². The fraction of sp³-hybridized carbons (Fsp3) is 0.0556. The number of carbonyl (C=O) groups excluding carboxylic acids is 1. The third-order valence-electron chi connectivity index (χ3n) is 3.21. The van der Waals surface area contributed by atoms with Gasteiger partial charge in [0.2, 0.25) is 5.13 Å². The smallest absolute Gasteiger partial charge is 0.257 e. The van der Waals surface area contributed by atoms with Crippen LogP contribution in [0.4, 0.5) is 5.13 Å². The highest BCUT2D eigenvalue weighted by molar-refractivity contribution is 7.16. The number of anilines is 1. The topological polar surface area (TPSA) is 64.1 Å². The lowest BCUT2D eigenvalue weighted by Gasteiger charge is -2.03. The number of hydrogen-bond acceptors (Lipinski definition) is 5. The lowest BCUT2D eigenvalue weighted by molar-refractivity contribution is 0.102. The second-order valence-corrected chi connectivity index (χ2v) is 5.88. The first-order valence-corrected chi connectivity index (χ1v) is 8.08. The second kappa shape index (κ2) is 7.52. The summed E-state index contributed by atoms with van der Waals surface area (Å²) in [6, 6.07) is 16.9. The minimum atomic E-state index is -0.247. The van der Waals surface area contributed by atoms with E-state index in [2.05, 4.69) is 15.5 Å². The van der Waals surface area contributed by atoms with E-state index in [9.17, 15) is 4.79 Å². The molecule has 0 spiro atoms. The Morgan fingerprint density at radius 2 is 1.92 bits per heavy atom. The summed E-state index contributed by atoms with van der Waals surface area (Å²) in [7, 11) is 1.56. The van der Waals surface area contributed by atoms with Crippen molar-refractivity contribution in [2.45, 2.75) is 0 Å². The lowest BCUT2D eigenvalue weighted by atomic mass is 10.2. The molecule has 0 atom stereocenters. The average molecular weight is 337 g/mol. The normalized spacial score (nSPS) is 10.7. The van der Waals surface area contributed by atoms with Gasteiger partial charge in [-0.05, 0) is 29.8 Å². The van der Waals surface area contributed by atoms with Crippen molar-refractivity contribution in [2.75, 3.05) is 12.4 Å². The van der Waals surface area contributed by atoms with Gasteiger partial charge in [-0.3, -0.25) is 10.1 Å². The number of aromatic nitrogens is 2. The number of carbonyl (C=O) groups is 1. The molecule has 0 aliphatic heterocycles. The molecule has 0 aliphatic carbocycles. The van der Waals surface area contributed by atoms with Crippen molar-refractivity contribution in [1.82, 2.24) is 10.2 Å². The largest absolute Gasteiger partial charge is 0.497 e. The predicted octanol–water partition coefficient (Wildman–Crippen LogP) is 3.97. The molecule has 0 saturated heterocycles. The summed E-state index contributed by atoms with van der Waals surface area (Å²) in [5, 5.41) is 12.0. The van der Waals surface area contributed by atoms with Gasteiger partial charge in [-0.15, -0.1) is 10.2 Å². The quantitative estimate of drug-likeness (QED) is 0.765. The third-order valence-corrected chi connectivity index (χ3v) is 4.01. The van der Waals surface area contributed by atoms with Gasteiger partial charge in [0.25, 0.3) is 5.91 Å². The Hall–Kier alpha value is -2.99. The molecule has 3 aromatic rings. The third kappa shape index (κ3) is 4.05. The Morgan fingerprint density at radius 1 is 1.08 bits per heavy atom. The zero-order valence-corrected chi connectivity index (χ0v) is 13.8. The van der Waals surface area contributed by atoms with E-state index < -0.39 is 0 Å². The zero-order valence-electron chi connectivity index (χ0n) is 13.0. The summed E-state index contributed by atoms with van der Waals surface area (Å²) in [5.74, 6) is 0.384. The maximum atomic E-state index is 12.2. The highest BCUT2D eigenvalue weighted by atomic mass is 32.1. The van der Waals surface area contributed by atoms with Gasteiger partial charge in [0.05, 0.1) is 7.11 Å². The molecule has 1 heterocycles. The van der Waals surface area contributed by atoms with E-state index in [1.54, 1.807) is 31.4 Å². The van der Waals surface area contributed by atoms with Gasteiger partial charge in [-0.25, -0.2) is 0 Å². The number of amides is 1. The summed E-state index contributed by atoms with van der Waals surface area (Å²) < 4.78 is 5.12. The molecule has 5 nitrogen and oxygen atoms in total. The van der Waals surface area contributed by atoms with Crippen LogP contribution in [0.25, 0.3) is 12.2 Å². The Labute approximate surface area is 143 Å². The van der Waals surface area contributed by atoms with Gasteiger partial charge in [-0.2, -0.15) is 0 Å². The molecule has 1 amide bonds. The number of methoxy groups -OCH3 is 1. The molecule has 1 aromatic heterocycles. The van der Waals surface area contributed by atoms with E-state index in [0.717, 1.165) is 10.6 Å². The maximum absolute atomic E-state index is 12.2. The summed E-state index contributed by atoms with van der Waals surface area (Å²) >= 11 is 1.31. The van der Waals surface area contributed by atoms with Crippen LogP contribution in [0.1, 0.15) is 20.9 Å². The van der Waals surface area contributed by atoms with E-state index in [1.807, 2.05) is 42.5 Å². The van der Waals surface area contributed by atoms with E-state index in [-0.39, 0.29) is 5.91 Å². The van der Waals surface area contributed by atoms with Crippen LogP contribution in [0.2, 0.25) is 0 Å². The van der Waals surface area contributed by atoms with Crippen LogP contribution in [-0.4, -0.2) is 23.2 Å². The molecule has 1 N–H and O–H groups in total. The minimum absolute atomic E-state index is 0.247. The maximum Gasteiger partial charge on any atom is 0.257 e. The number of hydrogen-bond donors (Lipinski definition) is 1. The summed E-state index contributed by atoms with van der Waals surface area (Å²) in [5.41, 5.74) is 1.58. The van der Waals surface area contributed by atoms with Crippen molar-refractivity contribution in [1.29, 1.82) is 0 Å². The van der Waals surface area contributed by atoms with Crippen LogP contribution in [0.5, 0.6) is 5.75 Å². The summed E-state index contributed by atoms with van der Waals surface area (Å²) in [6.07, 6.45) is 3.82. The number of rotatable bonds is 5. The Kier molecular flexibility index (Phi) is 4.98. The van der Waals surface area contributed by atoms with Crippen LogP contribution >= 0.6 is 11.3 Å².